The molecule has 5 aromatic rings. The lowest BCUT2D eigenvalue weighted by Crippen LogP contribution is -2.52. The minimum atomic E-state index is -0.594. The van der Waals surface area contributed by atoms with Crippen molar-refractivity contribution in [2.24, 2.45) is 13.0 Å². The normalized spacial score (nSPS) is 19.1. The van der Waals surface area contributed by atoms with Crippen LogP contribution in [0.5, 0.6) is 0 Å². The molecule has 0 saturated carbocycles. The van der Waals surface area contributed by atoms with Gasteiger partial charge in [-0.15, -0.1) is 0 Å². The molecule has 13 heteroatoms. The summed E-state index contributed by atoms with van der Waals surface area (Å²) in [4.78, 5) is 53.4. The molecule has 55 heavy (non-hydrogen) atoms. The molecule has 3 N–H and O–H groups in total. The number of rotatable bonds is 8. The number of imide groups is 1. The third-order valence-corrected chi connectivity index (χ3v) is 11.9. The molecule has 6 heterocycles. The molecule has 0 aliphatic carbocycles. The van der Waals surface area contributed by atoms with Crippen LogP contribution in [-0.4, -0.2) is 79.5 Å². The van der Waals surface area contributed by atoms with Gasteiger partial charge in [0.15, 0.2) is 11.5 Å². The largest absolute Gasteiger partial charge is 0.372 e. The predicted molar refractivity (Wildman–Crippen MR) is 212 cm³/mol. The first-order valence-electron chi connectivity index (χ1n) is 19.3. The number of nitrogens with one attached hydrogen (secondary N) is 3. The van der Waals surface area contributed by atoms with Gasteiger partial charge in [0.05, 0.1) is 5.39 Å². The number of aromatic nitrogens is 4. The summed E-state index contributed by atoms with van der Waals surface area (Å²) in [6.45, 7) is 9.57. The highest BCUT2D eigenvalue weighted by Crippen LogP contribution is 2.34. The fraction of sp³-hybridized carbons (Fsp3) is 0.381. The van der Waals surface area contributed by atoms with Crippen molar-refractivity contribution >= 4 is 57.6 Å². The van der Waals surface area contributed by atoms with Gasteiger partial charge in [0.2, 0.25) is 17.8 Å². The molecule has 2 aromatic heterocycles. The maximum Gasteiger partial charge on any atom is 0.255 e. The van der Waals surface area contributed by atoms with Crippen LogP contribution in [0.15, 0.2) is 60.8 Å². The molecule has 4 aliphatic heterocycles. The number of hydrogen-bond acceptors (Lipinski definition) is 10. The average Bonchev–Trinajstić information content (AvgIpc) is 3.67. The molecule has 4 aliphatic rings. The van der Waals surface area contributed by atoms with Gasteiger partial charge >= 0.3 is 0 Å². The monoisotopic (exact) mass is 738 g/mol. The molecule has 2 fully saturated rings. The van der Waals surface area contributed by atoms with E-state index < -0.39 is 6.04 Å². The number of para-hydroxylation sites is 1. The van der Waals surface area contributed by atoms with Crippen LogP contribution >= 0.6 is 0 Å². The molecule has 0 spiro atoms. The van der Waals surface area contributed by atoms with Crippen molar-refractivity contribution in [3.05, 3.63) is 94.2 Å². The van der Waals surface area contributed by atoms with E-state index in [0.717, 1.165) is 103 Å². The summed E-state index contributed by atoms with van der Waals surface area (Å²) in [5, 5.41) is 14.9. The molecule has 9 rings (SSSR count). The van der Waals surface area contributed by atoms with Crippen molar-refractivity contribution in [3.8, 4) is 0 Å². The molecule has 3 aromatic carbocycles. The van der Waals surface area contributed by atoms with E-state index in [2.05, 4.69) is 87.0 Å². The number of anilines is 5. The van der Waals surface area contributed by atoms with Crippen molar-refractivity contribution in [1.29, 1.82) is 0 Å². The standard InChI is InChI=1S/C42H46N10O3/c1-25-5-4-6-26(2)37(25)46-38-34-21-43-42(47-39(34)49(3)48-38)44-31-8-7-28-15-16-50(23-29(28)19-31)22-27-13-17-51(18-14-27)32-9-10-33-30(20-32)24-52(41(33)55)35-11-12-36(53)45-40(35)54/h4-10,19-21,27,35H,11-18,22-24H2,1-3H3,(H,46,48)(H,43,44,47)(H,45,53,54). The zero-order valence-corrected chi connectivity index (χ0v) is 31.6. The molecule has 0 bridgehead atoms. The van der Waals surface area contributed by atoms with E-state index in [0.29, 0.717) is 30.4 Å². The van der Waals surface area contributed by atoms with E-state index in [-0.39, 0.29) is 24.1 Å². The van der Waals surface area contributed by atoms with Crippen LogP contribution in [0.3, 0.4) is 0 Å². The van der Waals surface area contributed by atoms with Gasteiger partial charge in [0, 0.05) is 81.6 Å². The summed E-state index contributed by atoms with van der Waals surface area (Å²) in [7, 11) is 1.91. The summed E-state index contributed by atoms with van der Waals surface area (Å²) in [6, 6.07) is 18.3. The van der Waals surface area contributed by atoms with Gasteiger partial charge in [-0.2, -0.15) is 10.1 Å². The van der Waals surface area contributed by atoms with Crippen LogP contribution in [0.25, 0.3) is 11.0 Å². The third kappa shape index (κ3) is 6.77. The first kappa shape index (κ1) is 34.9. The number of hydrogen-bond donors (Lipinski definition) is 3. The van der Waals surface area contributed by atoms with E-state index in [1.165, 1.54) is 11.1 Å². The minimum Gasteiger partial charge on any atom is -0.372 e. The minimum absolute atomic E-state index is 0.128. The molecule has 0 radical (unpaired) electrons. The molecule has 3 amide bonds. The molecule has 1 atom stereocenters. The second-order valence-electron chi connectivity index (χ2n) is 15.6. The predicted octanol–water partition coefficient (Wildman–Crippen LogP) is 5.50. The van der Waals surface area contributed by atoms with Crippen molar-refractivity contribution in [1.82, 2.24) is 34.9 Å². The Bertz CT molecular complexity index is 2330. The first-order valence-corrected chi connectivity index (χ1v) is 19.3. The zero-order valence-electron chi connectivity index (χ0n) is 31.6. The maximum atomic E-state index is 13.2. The number of benzene rings is 3. The Morgan fingerprint density at radius 2 is 1.67 bits per heavy atom. The summed E-state index contributed by atoms with van der Waals surface area (Å²) in [5.41, 5.74) is 10.6. The number of piperidine rings is 2. The van der Waals surface area contributed by atoms with Crippen molar-refractivity contribution in [3.63, 3.8) is 0 Å². The number of fused-ring (bicyclic) bond motifs is 3. The number of amides is 3. The highest BCUT2D eigenvalue weighted by Gasteiger charge is 2.39. The summed E-state index contributed by atoms with van der Waals surface area (Å²) < 4.78 is 1.79. The van der Waals surface area contributed by atoms with Gasteiger partial charge in [-0.05, 0) is 104 Å². The molecular formula is C42H46N10O3. The van der Waals surface area contributed by atoms with E-state index in [9.17, 15) is 14.4 Å². The fourth-order valence-corrected chi connectivity index (χ4v) is 8.80. The summed E-state index contributed by atoms with van der Waals surface area (Å²) in [6.07, 6.45) is 5.72. The molecular weight excluding hydrogens is 693 g/mol. The Hall–Kier alpha value is -5.82. The number of carbonyl (C=O) groups excluding carboxylic acids is 3. The van der Waals surface area contributed by atoms with Crippen LogP contribution in [0.4, 0.5) is 28.8 Å². The Morgan fingerprint density at radius 1 is 0.855 bits per heavy atom. The lowest BCUT2D eigenvalue weighted by atomic mass is 9.93. The van der Waals surface area contributed by atoms with Gasteiger partial charge in [-0.25, -0.2) is 9.67 Å². The van der Waals surface area contributed by atoms with Gasteiger partial charge in [-0.3, -0.25) is 24.6 Å². The van der Waals surface area contributed by atoms with Gasteiger partial charge < -0.3 is 20.4 Å². The van der Waals surface area contributed by atoms with Crippen molar-refractivity contribution in [2.45, 2.75) is 65.1 Å². The Labute approximate surface area is 320 Å². The topological polar surface area (TPSA) is 141 Å². The lowest BCUT2D eigenvalue weighted by molar-refractivity contribution is -0.136. The Kier molecular flexibility index (Phi) is 8.96. The van der Waals surface area contributed by atoms with E-state index in [1.54, 1.807) is 9.58 Å². The molecule has 282 valence electrons. The Balaban J connectivity index is 0.803. The Morgan fingerprint density at radius 3 is 2.47 bits per heavy atom. The second kappa shape index (κ2) is 14.1. The van der Waals surface area contributed by atoms with Crippen molar-refractivity contribution in [2.75, 3.05) is 41.7 Å². The smallest absolute Gasteiger partial charge is 0.255 e. The second-order valence-corrected chi connectivity index (χ2v) is 15.6. The number of nitrogens with zero attached hydrogens (tertiary/aromatic N) is 7. The van der Waals surface area contributed by atoms with Gasteiger partial charge in [-0.1, -0.05) is 24.3 Å². The van der Waals surface area contributed by atoms with Crippen LogP contribution in [0.2, 0.25) is 0 Å². The van der Waals surface area contributed by atoms with Gasteiger partial charge in [0.1, 0.15) is 6.04 Å². The fourth-order valence-electron chi connectivity index (χ4n) is 8.80. The third-order valence-electron chi connectivity index (χ3n) is 11.9. The highest BCUT2D eigenvalue weighted by molar-refractivity contribution is 6.05. The summed E-state index contributed by atoms with van der Waals surface area (Å²) >= 11 is 0. The van der Waals surface area contributed by atoms with E-state index in [1.807, 2.05) is 25.4 Å². The van der Waals surface area contributed by atoms with Gasteiger partial charge in [0.25, 0.3) is 5.91 Å². The zero-order chi connectivity index (χ0) is 37.8. The maximum absolute atomic E-state index is 13.2. The average molecular weight is 739 g/mol. The SMILES string of the molecule is Cc1cccc(C)c1Nc1nn(C)c2nc(Nc3ccc4c(c3)CN(CC3CCN(c5ccc6c(c5)CN(C5CCC(=O)NC5=O)C6=O)CC3)CC4)ncc12. The molecule has 13 nitrogen and oxygen atoms in total. The molecule has 1 unspecified atom stereocenters. The van der Waals surface area contributed by atoms with Crippen LogP contribution in [0.1, 0.15) is 63.9 Å². The van der Waals surface area contributed by atoms with Crippen molar-refractivity contribution < 1.29 is 14.4 Å². The first-order chi connectivity index (χ1) is 26.7. The van der Waals surface area contributed by atoms with E-state index in [4.69, 9.17) is 10.1 Å². The lowest BCUT2D eigenvalue weighted by Gasteiger charge is -2.37. The molecule has 2 saturated heterocycles. The van der Waals surface area contributed by atoms with Crippen LogP contribution in [-0.2, 0) is 36.1 Å². The quantitative estimate of drug-likeness (QED) is 0.175. The van der Waals surface area contributed by atoms with Crippen LogP contribution < -0.4 is 20.9 Å². The van der Waals surface area contributed by atoms with E-state index >= 15 is 0 Å². The van der Waals surface area contributed by atoms with Crippen LogP contribution in [0, 0.1) is 19.8 Å². The highest BCUT2D eigenvalue weighted by atomic mass is 16.2. The number of carbonyl (C=O) groups is 3. The summed E-state index contributed by atoms with van der Waals surface area (Å²) in [5.74, 6) is 1.12. The number of aryl methyl sites for hydroxylation is 3.